The number of pyridine rings is 1. The van der Waals surface area contributed by atoms with Crippen molar-refractivity contribution in [3.05, 3.63) is 77.3 Å². The van der Waals surface area contributed by atoms with Crippen molar-refractivity contribution in [2.75, 3.05) is 5.32 Å². The van der Waals surface area contributed by atoms with Crippen molar-refractivity contribution in [2.45, 2.75) is 6.54 Å². The van der Waals surface area contributed by atoms with Crippen molar-refractivity contribution in [2.24, 2.45) is 0 Å². The molecule has 0 saturated carbocycles. The minimum Gasteiger partial charge on any atom is -0.319 e. The first-order valence-electron chi connectivity index (χ1n) is 6.70. The molecule has 0 aliphatic carbocycles. The molecule has 3 aromatic rings. The van der Waals surface area contributed by atoms with Gasteiger partial charge in [0.2, 0.25) is 0 Å². The highest BCUT2D eigenvalue weighted by Gasteiger charge is 2.08. The molecule has 2 heterocycles. The number of carbonyl (C=O) groups excluding carboxylic acids is 1. The first-order valence-corrected chi connectivity index (χ1v) is 7.08. The number of nitrogens with zero attached hydrogens (tertiary/aromatic N) is 3. The van der Waals surface area contributed by atoms with Gasteiger partial charge >= 0.3 is 0 Å². The van der Waals surface area contributed by atoms with Crippen molar-refractivity contribution < 1.29 is 4.79 Å². The number of carbonyl (C=O) groups is 1. The van der Waals surface area contributed by atoms with Gasteiger partial charge in [0.25, 0.3) is 5.91 Å². The van der Waals surface area contributed by atoms with Crippen LogP contribution in [-0.2, 0) is 6.54 Å². The molecular formula is C16H13ClN4O. The van der Waals surface area contributed by atoms with Crippen LogP contribution in [0.5, 0.6) is 0 Å². The summed E-state index contributed by atoms with van der Waals surface area (Å²) in [5.41, 5.74) is 2.22. The van der Waals surface area contributed by atoms with Crippen LogP contribution in [0.25, 0.3) is 0 Å². The zero-order valence-electron chi connectivity index (χ0n) is 11.6. The lowest BCUT2D eigenvalue weighted by Crippen LogP contribution is -2.11. The van der Waals surface area contributed by atoms with Gasteiger partial charge in [0, 0.05) is 12.4 Å². The topological polar surface area (TPSA) is 59.8 Å². The van der Waals surface area contributed by atoms with E-state index in [2.05, 4.69) is 15.4 Å². The van der Waals surface area contributed by atoms with Gasteiger partial charge in [-0.1, -0.05) is 41.9 Å². The Hall–Kier alpha value is -2.66. The largest absolute Gasteiger partial charge is 0.319 e. The molecule has 0 aliphatic heterocycles. The number of anilines is 1. The lowest BCUT2D eigenvalue weighted by Gasteiger charge is -2.02. The number of amides is 1. The first kappa shape index (κ1) is 14.3. The second-order valence-corrected chi connectivity index (χ2v) is 5.12. The Morgan fingerprint density at radius 1 is 1.14 bits per heavy atom. The van der Waals surface area contributed by atoms with Crippen LogP contribution in [-0.4, -0.2) is 20.7 Å². The molecule has 3 rings (SSSR count). The van der Waals surface area contributed by atoms with E-state index in [0.717, 1.165) is 5.56 Å². The fourth-order valence-corrected chi connectivity index (χ4v) is 2.11. The molecule has 22 heavy (non-hydrogen) atoms. The maximum Gasteiger partial charge on any atom is 0.257 e. The van der Waals surface area contributed by atoms with E-state index < -0.39 is 0 Å². The Morgan fingerprint density at radius 2 is 1.95 bits per heavy atom. The summed E-state index contributed by atoms with van der Waals surface area (Å²) in [6, 6.07) is 13.2. The fourth-order valence-electron chi connectivity index (χ4n) is 2.00. The Kier molecular flexibility index (Phi) is 4.16. The van der Waals surface area contributed by atoms with Crippen molar-refractivity contribution in [1.29, 1.82) is 0 Å². The number of benzene rings is 1. The van der Waals surface area contributed by atoms with Gasteiger partial charge in [0.05, 0.1) is 24.0 Å². The van der Waals surface area contributed by atoms with Crippen LogP contribution in [0.15, 0.2) is 61.1 Å². The molecule has 0 radical (unpaired) electrons. The molecule has 0 spiro atoms. The quantitative estimate of drug-likeness (QED) is 0.752. The van der Waals surface area contributed by atoms with E-state index in [4.69, 9.17) is 11.6 Å². The summed E-state index contributed by atoms with van der Waals surface area (Å²) < 4.78 is 1.77. The summed E-state index contributed by atoms with van der Waals surface area (Å²) >= 11 is 5.70. The van der Waals surface area contributed by atoms with E-state index >= 15 is 0 Å². The van der Waals surface area contributed by atoms with Gasteiger partial charge in [0.15, 0.2) is 0 Å². The molecule has 1 aromatic carbocycles. The van der Waals surface area contributed by atoms with Crippen LogP contribution in [0, 0.1) is 0 Å². The third-order valence-corrected chi connectivity index (χ3v) is 3.29. The highest BCUT2D eigenvalue weighted by Crippen LogP contribution is 2.11. The summed E-state index contributed by atoms with van der Waals surface area (Å²) in [5.74, 6) is -0.247. The van der Waals surface area contributed by atoms with Gasteiger partial charge < -0.3 is 5.32 Å². The molecule has 2 aromatic heterocycles. The van der Waals surface area contributed by atoms with Gasteiger partial charge in [0.1, 0.15) is 5.15 Å². The molecule has 0 bridgehead atoms. The van der Waals surface area contributed by atoms with Crippen molar-refractivity contribution in [1.82, 2.24) is 14.8 Å². The van der Waals surface area contributed by atoms with E-state index in [1.807, 2.05) is 30.3 Å². The first-order chi connectivity index (χ1) is 10.7. The van der Waals surface area contributed by atoms with Crippen LogP contribution in [0.1, 0.15) is 15.9 Å². The van der Waals surface area contributed by atoms with Crippen LogP contribution >= 0.6 is 11.6 Å². The Bertz CT molecular complexity index is 768. The van der Waals surface area contributed by atoms with Crippen molar-refractivity contribution >= 4 is 23.2 Å². The average molecular weight is 313 g/mol. The number of hydrogen-bond acceptors (Lipinski definition) is 3. The molecule has 0 fully saturated rings. The number of nitrogens with one attached hydrogen (secondary N) is 1. The van der Waals surface area contributed by atoms with Crippen LogP contribution in [0.4, 0.5) is 5.69 Å². The summed E-state index contributed by atoms with van der Waals surface area (Å²) in [4.78, 5) is 15.9. The summed E-state index contributed by atoms with van der Waals surface area (Å²) in [6.07, 6.45) is 4.84. The fraction of sp³-hybridized carbons (Fsp3) is 0.0625. The van der Waals surface area contributed by atoms with E-state index in [0.29, 0.717) is 22.9 Å². The Balaban J connectivity index is 1.66. The zero-order valence-corrected chi connectivity index (χ0v) is 12.4. The second kappa shape index (κ2) is 6.41. The van der Waals surface area contributed by atoms with Crippen LogP contribution < -0.4 is 5.32 Å². The standard InChI is InChI=1S/C16H13ClN4O/c17-15-7-6-13(8-18-15)16(22)20-14-9-19-21(11-14)10-12-4-2-1-3-5-12/h1-9,11H,10H2,(H,20,22). The van der Waals surface area contributed by atoms with E-state index in [1.165, 1.54) is 6.20 Å². The van der Waals surface area contributed by atoms with E-state index in [-0.39, 0.29) is 5.91 Å². The molecule has 0 atom stereocenters. The third kappa shape index (κ3) is 3.51. The van der Waals surface area contributed by atoms with Crippen molar-refractivity contribution in [3.63, 3.8) is 0 Å². The minimum atomic E-state index is -0.247. The van der Waals surface area contributed by atoms with Crippen LogP contribution in [0.2, 0.25) is 5.15 Å². The van der Waals surface area contributed by atoms with E-state index in [9.17, 15) is 4.79 Å². The van der Waals surface area contributed by atoms with Crippen LogP contribution in [0.3, 0.4) is 0 Å². The van der Waals surface area contributed by atoms with E-state index in [1.54, 1.807) is 29.2 Å². The lowest BCUT2D eigenvalue weighted by atomic mass is 10.2. The summed E-state index contributed by atoms with van der Waals surface area (Å²) in [5, 5.41) is 7.37. The van der Waals surface area contributed by atoms with Gasteiger partial charge in [-0.3, -0.25) is 9.48 Å². The normalized spacial score (nSPS) is 10.4. The van der Waals surface area contributed by atoms with Gasteiger partial charge in [-0.25, -0.2) is 4.98 Å². The highest BCUT2D eigenvalue weighted by molar-refractivity contribution is 6.29. The maximum absolute atomic E-state index is 12.1. The molecule has 0 unspecified atom stereocenters. The lowest BCUT2D eigenvalue weighted by molar-refractivity contribution is 0.102. The minimum absolute atomic E-state index is 0.247. The third-order valence-electron chi connectivity index (χ3n) is 3.07. The molecule has 5 nitrogen and oxygen atoms in total. The maximum atomic E-state index is 12.1. The molecule has 0 saturated heterocycles. The molecule has 110 valence electrons. The number of rotatable bonds is 4. The molecule has 0 aliphatic rings. The summed E-state index contributed by atoms with van der Waals surface area (Å²) in [6.45, 7) is 0.652. The predicted octanol–water partition coefficient (Wildman–Crippen LogP) is 3.23. The van der Waals surface area contributed by atoms with Crippen molar-refractivity contribution in [3.8, 4) is 0 Å². The molecular weight excluding hydrogens is 300 g/mol. The van der Waals surface area contributed by atoms with Gasteiger partial charge in [-0.05, 0) is 17.7 Å². The Morgan fingerprint density at radius 3 is 2.68 bits per heavy atom. The average Bonchev–Trinajstić information content (AvgIpc) is 2.96. The number of hydrogen-bond donors (Lipinski definition) is 1. The number of halogens is 1. The molecule has 1 N–H and O–H groups in total. The highest BCUT2D eigenvalue weighted by atomic mass is 35.5. The smallest absolute Gasteiger partial charge is 0.257 e. The predicted molar refractivity (Wildman–Crippen MR) is 85.0 cm³/mol. The van der Waals surface area contributed by atoms with Gasteiger partial charge in [-0.15, -0.1) is 0 Å². The second-order valence-electron chi connectivity index (χ2n) is 4.74. The monoisotopic (exact) mass is 312 g/mol. The molecule has 6 heteroatoms. The SMILES string of the molecule is O=C(Nc1cnn(Cc2ccccc2)c1)c1ccc(Cl)nc1. The zero-order chi connectivity index (χ0) is 15.4. The van der Waals surface area contributed by atoms with Gasteiger partial charge in [-0.2, -0.15) is 5.10 Å². The molecule has 1 amide bonds. The number of aromatic nitrogens is 3. The summed E-state index contributed by atoms with van der Waals surface area (Å²) in [7, 11) is 0. The Labute approximate surface area is 132 Å².